The number of benzene rings is 2. The summed E-state index contributed by atoms with van der Waals surface area (Å²) in [7, 11) is 0. The lowest BCUT2D eigenvalue weighted by Crippen LogP contribution is -2.46. The predicted molar refractivity (Wildman–Crippen MR) is 95.3 cm³/mol. The minimum atomic E-state index is -0.590. The monoisotopic (exact) mass is 351 g/mol. The molecule has 0 aliphatic carbocycles. The number of nitrogens with zero attached hydrogens (tertiary/aromatic N) is 1. The lowest BCUT2D eigenvalue weighted by molar-refractivity contribution is -0.385. The van der Waals surface area contributed by atoms with Crippen molar-refractivity contribution in [2.24, 2.45) is 0 Å². The number of para-hydroxylation sites is 1. The predicted octanol–water partition coefficient (Wildman–Crippen LogP) is 0.335. The van der Waals surface area contributed by atoms with Crippen LogP contribution in [-0.2, 0) is 0 Å². The second-order valence-electron chi connectivity index (χ2n) is 5.43. The van der Waals surface area contributed by atoms with Gasteiger partial charge in [-0.05, 0) is 35.9 Å². The highest BCUT2D eigenvalue weighted by atomic mass is 16.6. The molecular formula is C18H13N3O5. The molecule has 26 heavy (non-hydrogen) atoms. The average Bonchev–Trinajstić information content (AvgIpc) is 2.61. The van der Waals surface area contributed by atoms with Crippen molar-refractivity contribution in [3.8, 4) is 5.75 Å². The van der Waals surface area contributed by atoms with Crippen molar-refractivity contribution in [2.45, 2.75) is 0 Å². The summed E-state index contributed by atoms with van der Waals surface area (Å²) in [5.41, 5.74) is -0.504. The third kappa shape index (κ3) is 3.59. The van der Waals surface area contributed by atoms with Crippen LogP contribution in [0.15, 0.2) is 58.1 Å². The summed E-state index contributed by atoms with van der Waals surface area (Å²) >= 11 is 0. The molecule has 0 spiro atoms. The van der Waals surface area contributed by atoms with Crippen molar-refractivity contribution >= 4 is 17.8 Å². The van der Waals surface area contributed by atoms with E-state index in [1.54, 1.807) is 18.2 Å². The number of aromatic amines is 2. The first-order valence-corrected chi connectivity index (χ1v) is 7.52. The van der Waals surface area contributed by atoms with E-state index >= 15 is 0 Å². The Morgan fingerprint density at radius 3 is 2.08 bits per heavy atom. The van der Waals surface area contributed by atoms with Crippen molar-refractivity contribution in [1.29, 1.82) is 0 Å². The van der Waals surface area contributed by atoms with Crippen molar-refractivity contribution in [3.05, 3.63) is 101 Å². The van der Waals surface area contributed by atoms with E-state index in [0.29, 0.717) is 5.56 Å². The van der Waals surface area contributed by atoms with Crippen molar-refractivity contribution in [2.75, 3.05) is 0 Å². The molecule has 1 heterocycles. The number of hydrogen-bond donors (Lipinski definition) is 3. The first-order chi connectivity index (χ1) is 12.4. The number of hydrogen-bond acceptors (Lipinski definition) is 5. The summed E-state index contributed by atoms with van der Waals surface area (Å²) in [6, 6.07) is 12.0. The number of phenolic OH excluding ortho intramolecular Hbond substituents is 1. The first kappa shape index (κ1) is 16.9. The summed E-state index contributed by atoms with van der Waals surface area (Å²) in [6.45, 7) is 0. The standard InChI is InChI=1S/C18H13N3O5/c22-13-7-5-11(6-8-13)9-14-17(23)20-15(18(24)19-14)10-12-3-1-2-4-16(12)21(25)26/h1-10,22H,(H,19,24)(H,20,23)/b14-9-,15-10-. The van der Waals surface area contributed by atoms with Crippen molar-refractivity contribution in [3.63, 3.8) is 0 Å². The maximum absolute atomic E-state index is 12.2. The zero-order chi connectivity index (χ0) is 18.7. The highest BCUT2D eigenvalue weighted by molar-refractivity contribution is 5.59. The van der Waals surface area contributed by atoms with Gasteiger partial charge in [0.15, 0.2) is 0 Å². The van der Waals surface area contributed by atoms with Crippen LogP contribution in [0.2, 0.25) is 0 Å². The van der Waals surface area contributed by atoms with Gasteiger partial charge in [-0.2, -0.15) is 0 Å². The maximum atomic E-state index is 12.2. The molecule has 0 unspecified atom stereocenters. The molecule has 0 radical (unpaired) electrons. The largest absolute Gasteiger partial charge is 0.508 e. The van der Waals surface area contributed by atoms with E-state index in [1.165, 1.54) is 42.5 Å². The first-order valence-electron chi connectivity index (χ1n) is 7.52. The fourth-order valence-electron chi connectivity index (χ4n) is 2.36. The summed E-state index contributed by atoms with van der Waals surface area (Å²) in [6.07, 6.45) is 2.71. The van der Waals surface area contributed by atoms with Crippen LogP contribution in [0.1, 0.15) is 11.1 Å². The highest BCUT2D eigenvalue weighted by Crippen LogP contribution is 2.17. The minimum absolute atomic E-state index is 0.0281. The zero-order valence-electron chi connectivity index (χ0n) is 13.3. The molecule has 2 aromatic carbocycles. The molecule has 0 aliphatic heterocycles. The van der Waals surface area contributed by atoms with E-state index in [4.69, 9.17) is 0 Å². The van der Waals surface area contributed by atoms with Crippen LogP contribution < -0.4 is 21.8 Å². The Kier molecular flexibility index (Phi) is 4.48. The Balaban J connectivity index is 2.15. The van der Waals surface area contributed by atoms with Gasteiger partial charge in [0.05, 0.1) is 10.5 Å². The van der Waals surface area contributed by atoms with Gasteiger partial charge in [0.2, 0.25) is 0 Å². The van der Waals surface area contributed by atoms with Gasteiger partial charge >= 0.3 is 0 Å². The molecule has 3 aromatic rings. The van der Waals surface area contributed by atoms with Crippen molar-refractivity contribution in [1.82, 2.24) is 9.97 Å². The van der Waals surface area contributed by atoms with Crippen LogP contribution >= 0.6 is 0 Å². The Morgan fingerprint density at radius 2 is 1.46 bits per heavy atom. The molecule has 3 rings (SSSR count). The Hall–Kier alpha value is -3.94. The fraction of sp³-hybridized carbons (Fsp3) is 0. The van der Waals surface area contributed by atoms with Crippen LogP contribution in [0.3, 0.4) is 0 Å². The zero-order valence-corrected chi connectivity index (χ0v) is 13.3. The molecule has 0 amide bonds. The number of aromatic nitrogens is 2. The van der Waals surface area contributed by atoms with E-state index < -0.39 is 16.0 Å². The van der Waals surface area contributed by atoms with E-state index in [9.17, 15) is 24.8 Å². The lowest BCUT2D eigenvalue weighted by Gasteiger charge is -1.97. The second kappa shape index (κ2) is 6.89. The van der Waals surface area contributed by atoms with Gasteiger partial charge in [-0.25, -0.2) is 0 Å². The molecule has 0 aliphatic rings. The average molecular weight is 351 g/mol. The van der Waals surface area contributed by atoms with Gasteiger partial charge in [0, 0.05) is 6.07 Å². The van der Waals surface area contributed by atoms with Crippen LogP contribution in [0.25, 0.3) is 12.2 Å². The third-order valence-electron chi connectivity index (χ3n) is 3.62. The molecule has 3 N–H and O–H groups in total. The number of nitro groups is 1. The number of phenols is 1. The smallest absolute Gasteiger partial charge is 0.276 e. The van der Waals surface area contributed by atoms with Crippen LogP contribution in [0, 0.1) is 10.1 Å². The number of H-pyrrole nitrogens is 2. The highest BCUT2D eigenvalue weighted by Gasteiger charge is 2.10. The summed E-state index contributed by atoms with van der Waals surface area (Å²) < 4.78 is 0. The topological polar surface area (TPSA) is 129 Å². The second-order valence-corrected chi connectivity index (χ2v) is 5.43. The fourth-order valence-corrected chi connectivity index (χ4v) is 2.36. The summed E-state index contributed by atoms with van der Waals surface area (Å²) in [5.74, 6) is 0.0824. The molecule has 0 fully saturated rings. The van der Waals surface area contributed by atoms with E-state index in [1.807, 2.05) is 0 Å². The molecule has 0 saturated heterocycles. The molecule has 0 saturated carbocycles. The van der Waals surface area contributed by atoms with E-state index in [0.717, 1.165) is 0 Å². The van der Waals surface area contributed by atoms with Gasteiger partial charge in [0.25, 0.3) is 16.8 Å². The quantitative estimate of drug-likeness (QED) is 0.463. The molecule has 8 nitrogen and oxygen atoms in total. The van der Waals surface area contributed by atoms with E-state index in [-0.39, 0.29) is 27.7 Å². The van der Waals surface area contributed by atoms with E-state index in [2.05, 4.69) is 9.97 Å². The molecule has 0 bridgehead atoms. The normalized spacial score (nSPS) is 12.3. The molecule has 1 aromatic heterocycles. The lowest BCUT2D eigenvalue weighted by atomic mass is 10.1. The van der Waals surface area contributed by atoms with Gasteiger partial charge in [-0.15, -0.1) is 0 Å². The van der Waals surface area contributed by atoms with Gasteiger partial charge in [0.1, 0.15) is 16.4 Å². The Morgan fingerprint density at radius 1 is 0.885 bits per heavy atom. The van der Waals surface area contributed by atoms with Crippen molar-refractivity contribution < 1.29 is 10.0 Å². The number of rotatable bonds is 3. The molecular weight excluding hydrogens is 338 g/mol. The number of nitrogens with one attached hydrogen (secondary N) is 2. The SMILES string of the molecule is O=c1[nH]/c(=C\c2ccccc2[N+](=O)[O-])c(=O)[nH]/c1=C\c1ccc(O)cc1. The third-order valence-corrected chi connectivity index (χ3v) is 3.62. The van der Waals surface area contributed by atoms with Crippen LogP contribution in [0.4, 0.5) is 5.69 Å². The number of aromatic hydroxyl groups is 1. The Labute approximate surface area is 145 Å². The Bertz CT molecular complexity index is 1210. The van der Waals surface area contributed by atoms with Crippen LogP contribution in [0.5, 0.6) is 5.75 Å². The van der Waals surface area contributed by atoms with Crippen LogP contribution in [-0.4, -0.2) is 20.0 Å². The maximum Gasteiger partial charge on any atom is 0.276 e. The van der Waals surface area contributed by atoms with Gasteiger partial charge < -0.3 is 15.1 Å². The molecule has 130 valence electrons. The minimum Gasteiger partial charge on any atom is -0.508 e. The van der Waals surface area contributed by atoms with Gasteiger partial charge in [-0.3, -0.25) is 19.7 Å². The molecule has 0 atom stereocenters. The molecule has 8 heteroatoms. The van der Waals surface area contributed by atoms with Gasteiger partial charge in [-0.1, -0.05) is 24.3 Å². The summed E-state index contributed by atoms with van der Waals surface area (Å²) in [5, 5.41) is 20.3. The number of nitro benzene ring substituents is 1. The summed E-state index contributed by atoms with van der Waals surface area (Å²) in [4.78, 5) is 39.8.